The minimum atomic E-state index is -0.503. The Morgan fingerprint density at radius 3 is 3.00 bits per heavy atom. The molecule has 1 saturated heterocycles. The molecule has 0 saturated carbocycles. The normalized spacial score (nSPS) is 17.8. The summed E-state index contributed by atoms with van der Waals surface area (Å²) in [7, 11) is 0. The number of rotatable bonds is 3. The molecule has 2 aromatic heterocycles. The summed E-state index contributed by atoms with van der Waals surface area (Å²) >= 11 is 0. The standard InChI is InChI=1S/C18H18N4O3/c23-17(12-22-15-5-1-2-6-16(15)25-18(22)24)21-9-3-4-13(11-21)14-10-19-7-8-20-14/h1-2,5-8,10,13H,3-4,9,11-12H2. The lowest BCUT2D eigenvalue weighted by Crippen LogP contribution is -2.41. The Hall–Kier alpha value is -2.96. The van der Waals surface area contributed by atoms with Crippen molar-refractivity contribution in [2.45, 2.75) is 25.3 Å². The maximum atomic E-state index is 12.7. The summed E-state index contributed by atoms with van der Waals surface area (Å²) in [6.07, 6.45) is 6.97. The SMILES string of the molecule is O=C(Cn1c(=O)oc2ccccc21)N1CCCC(c2cnccn2)C1. The first-order valence-electron chi connectivity index (χ1n) is 8.34. The molecule has 128 valence electrons. The summed E-state index contributed by atoms with van der Waals surface area (Å²) in [5.41, 5.74) is 2.05. The van der Waals surface area contributed by atoms with Gasteiger partial charge in [0.15, 0.2) is 5.58 Å². The van der Waals surface area contributed by atoms with Crippen LogP contribution >= 0.6 is 0 Å². The molecule has 4 rings (SSSR count). The molecule has 3 aromatic rings. The van der Waals surface area contributed by atoms with Crippen molar-refractivity contribution in [2.75, 3.05) is 13.1 Å². The molecule has 1 aromatic carbocycles. The van der Waals surface area contributed by atoms with Crippen molar-refractivity contribution in [1.82, 2.24) is 19.4 Å². The van der Waals surface area contributed by atoms with Crippen molar-refractivity contribution in [1.29, 1.82) is 0 Å². The van der Waals surface area contributed by atoms with Gasteiger partial charge in [0.05, 0.1) is 11.2 Å². The molecule has 0 radical (unpaired) electrons. The number of carbonyl (C=O) groups excluding carboxylic acids is 1. The van der Waals surface area contributed by atoms with Gasteiger partial charge < -0.3 is 9.32 Å². The third kappa shape index (κ3) is 3.05. The molecule has 7 nitrogen and oxygen atoms in total. The summed E-state index contributed by atoms with van der Waals surface area (Å²) < 4.78 is 6.59. The highest BCUT2D eigenvalue weighted by molar-refractivity contribution is 5.79. The highest BCUT2D eigenvalue weighted by atomic mass is 16.4. The number of piperidine rings is 1. The molecule has 1 fully saturated rings. The smallest absolute Gasteiger partial charge is 0.408 e. The third-order valence-electron chi connectivity index (χ3n) is 4.64. The van der Waals surface area contributed by atoms with Gasteiger partial charge in [-0.15, -0.1) is 0 Å². The number of amides is 1. The van der Waals surface area contributed by atoms with E-state index in [9.17, 15) is 9.59 Å². The van der Waals surface area contributed by atoms with E-state index >= 15 is 0 Å². The number of hydrogen-bond acceptors (Lipinski definition) is 5. The van der Waals surface area contributed by atoms with Crippen LogP contribution in [0.25, 0.3) is 11.1 Å². The molecular formula is C18H18N4O3. The number of para-hydroxylation sites is 2. The molecule has 3 heterocycles. The van der Waals surface area contributed by atoms with E-state index in [2.05, 4.69) is 9.97 Å². The second kappa shape index (κ2) is 6.51. The lowest BCUT2D eigenvalue weighted by atomic mass is 9.95. The number of benzene rings is 1. The van der Waals surface area contributed by atoms with Crippen molar-refractivity contribution in [3.05, 3.63) is 59.1 Å². The average molecular weight is 338 g/mol. The zero-order chi connectivity index (χ0) is 17.2. The fraction of sp³-hybridized carbons (Fsp3) is 0.333. The molecule has 1 aliphatic heterocycles. The van der Waals surface area contributed by atoms with Crippen LogP contribution in [0, 0.1) is 0 Å². The van der Waals surface area contributed by atoms with E-state index in [1.807, 2.05) is 6.07 Å². The van der Waals surface area contributed by atoms with E-state index in [-0.39, 0.29) is 18.4 Å². The first-order chi connectivity index (χ1) is 12.2. The van der Waals surface area contributed by atoms with Crippen molar-refractivity contribution >= 4 is 17.0 Å². The molecule has 0 N–H and O–H groups in total. The summed E-state index contributed by atoms with van der Waals surface area (Å²) in [5.74, 6) is -0.400. The van der Waals surface area contributed by atoms with Gasteiger partial charge in [0.25, 0.3) is 0 Å². The monoisotopic (exact) mass is 338 g/mol. The molecule has 25 heavy (non-hydrogen) atoms. The van der Waals surface area contributed by atoms with Crippen LogP contribution in [0.5, 0.6) is 0 Å². The van der Waals surface area contributed by atoms with E-state index in [1.54, 1.807) is 41.7 Å². The summed E-state index contributed by atoms with van der Waals surface area (Å²) in [5, 5.41) is 0. The van der Waals surface area contributed by atoms with Crippen LogP contribution in [0.4, 0.5) is 0 Å². The summed E-state index contributed by atoms with van der Waals surface area (Å²) in [4.78, 5) is 35.0. The zero-order valence-corrected chi connectivity index (χ0v) is 13.7. The fourth-order valence-electron chi connectivity index (χ4n) is 3.37. The van der Waals surface area contributed by atoms with Crippen LogP contribution in [-0.2, 0) is 11.3 Å². The van der Waals surface area contributed by atoms with E-state index in [0.717, 1.165) is 18.5 Å². The third-order valence-corrected chi connectivity index (χ3v) is 4.64. The van der Waals surface area contributed by atoms with Crippen LogP contribution in [0.2, 0.25) is 0 Å². The lowest BCUT2D eigenvalue weighted by Gasteiger charge is -2.32. The average Bonchev–Trinajstić information content (AvgIpc) is 2.98. The second-order valence-electron chi connectivity index (χ2n) is 6.23. The number of nitrogens with zero attached hydrogens (tertiary/aromatic N) is 4. The van der Waals surface area contributed by atoms with Gasteiger partial charge >= 0.3 is 5.76 Å². The number of likely N-dealkylation sites (tertiary alicyclic amines) is 1. The molecule has 7 heteroatoms. The van der Waals surface area contributed by atoms with Crippen molar-refractivity contribution in [3.8, 4) is 0 Å². The molecule has 1 aliphatic rings. The van der Waals surface area contributed by atoms with Crippen LogP contribution in [0.3, 0.4) is 0 Å². The first-order valence-corrected chi connectivity index (χ1v) is 8.34. The number of aromatic nitrogens is 3. The highest BCUT2D eigenvalue weighted by Crippen LogP contribution is 2.25. The molecule has 0 aliphatic carbocycles. The van der Waals surface area contributed by atoms with Crippen molar-refractivity contribution < 1.29 is 9.21 Å². The number of hydrogen-bond donors (Lipinski definition) is 0. The Morgan fingerprint density at radius 2 is 2.16 bits per heavy atom. The van der Waals surface area contributed by atoms with E-state index in [1.165, 1.54) is 4.57 Å². The predicted molar refractivity (Wildman–Crippen MR) is 91.1 cm³/mol. The summed E-state index contributed by atoms with van der Waals surface area (Å²) in [6, 6.07) is 7.13. The Balaban J connectivity index is 1.52. The Morgan fingerprint density at radius 1 is 1.28 bits per heavy atom. The molecule has 0 bridgehead atoms. The van der Waals surface area contributed by atoms with Gasteiger partial charge in [0.1, 0.15) is 6.54 Å². The first kappa shape index (κ1) is 15.6. The van der Waals surface area contributed by atoms with Gasteiger partial charge in [-0.1, -0.05) is 12.1 Å². The predicted octanol–water partition coefficient (Wildman–Crippen LogP) is 1.79. The van der Waals surface area contributed by atoms with Crippen molar-refractivity contribution in [3.63, 3.8) is 0 Å². The summed E-state index contributed by atoms with van der Waals surface area (Å²) in [6.45, 7) is 1.28. The maximum absolute atomic E-state index is 12.7. The van der Waals surface area contributed by atoms with E-state index < -0.39 is 5.76 Å². The second-order valence-corrected chi connectivity index (χ2v) is 6.23. The van der Waals surface area contributed by atoms with Gasteiger partial charge in [-0.2, -0.15) is 0 Å². The highest BCUT2D eigenvalue weighted by Gasteiger charge is 2.26. The number of carbonyl (C=O) groups is 1. The van der Waals surface area contributed by atoms with Gasteiger partial charge in [0.2, 0.25) is 5.91 Å². The molecule has 0 spiro atoms. The quantitative estimate of drug-likeness (QED) is 0.727. The van der Waals surface area contributed by atoms with Gasteiger partial charge in [-0.3, -0.25) is 19.3 Å². The lowest BCUT2D eigenvalue weighted by molar-refractivity contribution is -0.133. The molecule has 1 unspecified atom stereocenters. The van der Waals surface area contributed by atoms with Crippen LogP contribution < -0.4 is 5.76 Å². The minimum absolute atomic E-state index is 0.0109. The molecular weight excluding hydrogens is 320 g/mol. The van der Waals surface area contributed by atoms with Gasteiger partial charge in [-0.25, -0.2) is 4.79 Å². The van der Waals surface area contributed by atoms with Crippen LogP contribution in [0.1, 0.15) is 24.5 Å². The van der Waals surface area contributed by atoms with Gasteiger partial charge in [-0.05, 0) is 25.0 Å². The molecule has 1 amide bonds. The van der Waals surface area contributed by atoms with Gasteiger partial charge in [0, 0.05) is 37.6 Å². The van der Waals surface area contributed by atoms with Crippen molar-refractivity contribution in [2.24, 2.45) is 0 Å². The fourth-order valence-corrected chi connectivity index (χ4v) is 3.37. The van der Waals surface area contributed by atoms with Crippen LogP contribution in [0.15, 0.2) is 52.1 Å². The van der Waals surface area contributed by atoms with E-state index in [0.29, 0.717) is 24.2 Å². The Kier molecular flexibility index (Phi) is 4.05. The number of oxazole rings is 1. The zero-order valence-electron chi connectivity index (χ0n) is 13.7. The number of fused-ring (bicyclic) bond motifs is 1. The van der Waals surface area contributed by atoms with Crippen LogP contribution in [-0.4, -0.2) is 38.4 Å². The maximum Gasteiger partial charge on any atom is 0.420 e. The topological polar surface area (TPSA) is 81.2 Å². The Labute approximate surface area is 143 Å². The minimum Gasteiger partial charge on any atom is -0.408 e. The van der Waals surface area contributed by atoms with E-state index in [4.69, 9.17) is 4.42 Å². The largest absolute Gasteiger partial charge is 0.420 e. The Bertz CT molecular complexity index is 948. The molecule has 1 atom stereocenters.